The van der Waals surface area contributed by atoms with Crippen LogP contribution in [-0.4, -0.2) is 131 Å². The van der Waals surface area contributed by atoms with Gasteiger partial charge in [-0.05, 0) is 44.1 Å². The molecule has 14 N–H and O–H groups in total. The molecule has 0 bridgehead atoms. The second-order valence-electron chi connectivity index (χ2n) is 13.7. The Labute approximate surface area is 321 Å². The van der Waals surface area contributed by atoms with Gasteiger partial charge < -0.3 is 58.7 Å². The van der Waals surface area contributed by atoms with E-state index in [1.807, 2.05) is 0 Å². The van der Waals surface area contributed by atoms with E-state index in [0.29, 0.717) is 6.42 Å². The number of hydrogen-bond acceptors (Lipinski definition) is 12. The van der Waals surface area contributed by atoms with Crippen molar-refractivity contribution in [2.45, 2.75) is 108 Å². The summed E-state index contributed by atoms with van der Waals surface area (Å²) >= 11 is 0. The molecule has 0 radical (unpaired) electrons. The van der Waals surface area contributed by atoms with Crippen LogP contribution in [0.15, 0.2) is 30.3 Å². The molecule has 8 atom stereocenters. The summed E-state index contributed by atoms with van der Waals surface area (Å²) < 4.78 is 0. The zero-order valence-corrected chi connectivity index (χ0v) is 31.2. The van der Waals surface area contributed by atoms with Crippen molar-refractivity contribution in [3.8, 4) is 0 Å². The number of aliphatic hydroxyl groups excluding tert-OH is 3. The van der Waals surface area contributed by atoms with Crippen LogP contribution in [-0.2, 0) is 44.8 Å². The van der Waals surface area contributed by atoms with Crippen molar-refractivity contribution in [3.05, 3.63) is 35.9 Å². The maximum Gasteiger partial charge on any atom is 0.245 e. The van der Waals surface area contributed by atoms with Crippen LogP contribution in [0.4, 0.5) is 0 Å². The number of rotatable bonds is 14. The minimum Gasteiger partial charge on any atom is -0.394 e. The quantitative estimate of drug-likeness (QED) is 0.0851. The van der Waals surface area contributed by atoms with Crippen molar-refractivity contribution in [1.82, 2.24) is 37.2 Å². The Morgan fingerprint density at radius 3 is 2.07 bits per heavy atom. The van der Waals surface area contributed by atoms with Crippen LogP contribution >= 0.6 is 0 Å². The van der Waals surface area contributed by atoms with Gasteiger partial charge in [-0.3, -0.25) is 43.7 Å². The Balaban J connectivity index is 0.0000157. The molecule has 0 aromatic heterocycles. The number of carbonyl (C=O) groups excluding carboxylic acids is 8. The molecule has 0 spiro atoms. The largest absolute Gasteiger partial charge is 0.394 e. The minimum absolute atomic E-state index is 0. The summed E-state index contributed by atoms with van der Waals surface area (Å²) in [4.78, 5) is 104. The summed E-state index contributed by atoms with van der Waals surface area (Å²) in [5, 5.41) is 47.5. The lowest BCUT2D eigenvalue weighted by molar-refractivity contribution is -0.137. The summed E-state index contributed by atoms with van der Waals surface area (Å²) in [5.74, 6) is -7.37. The van der Waals surface area contributed by atoms with Crippen molar-refractivity contribution in [2.75, 3.05) is 19.8 Å². The first-order valence-corrected chi connectivity index (χ1v) is 18.1. The van der Waals surface area contributed by atoms with Crippen LogP contribution in [0.2, 0.25) is 0 Å². The summed E-state index contributed by atoms with van der Waals surface area (Å²) in [6, 6.07) is -0.903. The summed E-state index contributed by atoms with van der Waals surface area (Å²) in [5.41, 5.74) is 11.6. The molecule has 1 saturated heterocycles. The van der Waals surface area contributed by atoms with Gasteiger partial charge in [0, 0.05) is 22.2 Å². The Morgan fingerprint density at radius 1 is 0.855 bits per heavy atom. The number of hydrogen-bond donors (Lipinski definition) is 12. The van der Waals surface area contributed by atoms with Gasteiger partial charge in [-0.1, -0.05) is 44.2 Å². The van der Waals surface area contributed by atoms with Crippen LogP contribution in [0, 0.1) is 5.92 Å². The van der Waals surface area contributed by atoms with Gasteiger partial charge in [0.2, 0.25) is 47.3 Å². The van der Waals surface area contributed by atoms with Crippen molar-refractivity contribution in [1.29, 1.82) is 0 Å². The Hall–Kier alpha value is -5.18. The number of benzene rings is 1. The zero-order valence-electron chi connectivity index (χ0n) is 31.2. The van der Waals surface area contributed by atoms with Crippen LogP contribution in [0.5, 0.6) is 0 Å². The molecule has 0 aliphatic carbocycles. The van der Waals surface area contributed by atoms with Crippen molar-refractivity contribution >= 4 is 47.3 Å². The SMILES string of the molecule is CC(C)[C@H](NC(=O)C1CCCCNC(=O)CCC(N[C@@H](CO)C(N)=O)C(=O)N[C@@H]([C@@H](C)O)C(=O)N[C@@H](CO)C(=O)N1)C(=O)N[C@@H](Cc1ccccc1)C(N)=O.[HH].[HH]. The molecular formula is C35H59N9O11. The fourth-order valence-electron chi connectivity index (χ4n) is 5.60. The molecular weight excluding hydrogens is 722 g/mol. The Morgan fingerprint density at radius 2 is 1.51 bits per heavy atom. The summed E-state index contributed by atoms with van der Waals surface area (Å²) in [6.45, 7) is 2.84. The van der Waals surface area contributed by atoms with Gasteiger partial charge in [0.05, 0.1) is 25.4 Å². The molecule has 1 aliphatic rings. The number of nitrogens with one attached hydrogen (secondary N) is 7. The highest BCUT2D eigenvalue weighted by atomic mass is 16.3. The Bertz CT molecular complexity index is 1510. The lowest BCUT2D eigenvalue weighted by Crippen LogP contribution is -2.62. The summed E-state index contributed by atoms with van der Waals surface area (Å²) in [6.07, 6.45) is -1.39. The molecule has 1 aromatic carbocycles. The molecule has 2 unspecified atom stereocenters. The Kier molecular flexibility index (Phi) is 19.1. The van der Waals surface area contributed by atoms with E-state index >= 15 is 0 Å². The predicted octanol–water partition coefficient (Wildman–Crippen LogP) is -4.46. The molecule has 55 heavy (non-hydrogen) atoms. The molecule has 1 heterocycles. The zero-order chi connectivity index (χ0) is 41.2. The second kappa shape index (κ2) is 22.9. The van der Waals surface area contributed by atoms with Crippen LogP contribution in [0.25, 0.3) is 0 Å². The average molecular weight is 782 g/mol. The first kappa shape index (κ1) is 46.0. The van der Waals surface area contributed by atoms with Gasteiger partial charge in [0.25, 0.3) is 0 Å². The topological polar surface area (TPSA) is 333 Å². The fraction of sp³-hybridized carbons (Fsp3) is 0.600. The highest BCUT2D eigenvalue weighted by Crippen LogP contribution is 2.10. The van der Waals surface area contributed by atoms with Gasteiger partial charge >= 0.3 is 0 Å². The molecule has 20 nitrogen and oxygen atoms in total. The van der Waals surface area contributed by atoms with Crippen molar-refractivity contribution in [3.63, 3.8) is 0 Å². The standard InChI is InChI=1S/C35H55N9O11.2H2/c1-18(2)27(34(54)41-23(29(36)49)15-20-9-5-4-6-10-20)43-31(51)21-11-7-8-14-38-26(48)13-12-22(39-24(16-45)30(37)50)32(52)44-28(19(3)47)35(55)42-25(17-46)33(53)40-21;;/h4-6,9-10,18-19,21-25,27-28,39,45-47H,7-8,11-17H2,1-3H3,(H2,36,49)(H2,37,50)(H,38,48)(H,40,53)(H,41,54)(H,42,55)(H,43,51)(H,44,52);2*1H/t19-,21?,22?,23+,24+,25+,27+,28+;;/m1../s1. The van der Waals surface area contributed by atoms with Crippen LogP contribution < -0.4 is 48.7 Å². The third kappa shape index (κ3) is 15.2. The monoisotopic (exact) mass is 781 g/mol. The van der Waals surface area contributed by atoms with Crippen LogP contribution in [0.1, 0.15) is 61.3 Å². The third-order valence-electron chi connectivity index (χ3n) is 8.85. The highest BCUT2D eigenvalue weighted by molar-refractivity contribution is 5.97. The first-order chi connectivity index (χ1) is 26.0. The summed E-state index contributed by atoms with van der Waals surface area (Å²) in [7, 11) is 0. The maximum absolute atomic E-state index is 13.7. The van der Waals surface area contributed by atoms with E-state index in [1.165, 1.54) is 0 Å². The van der Waals surface area contributed by atoms with E-state index in [-0.39, 0.29) is 41.5 Å². The van der Waals surface area contributed by atoms with E-state index in [2.05, 4.69) is 37.2 Å². The number of carbonyl (C=O) groups is 8. The number of nitrogens with two attached hydrogens (primary N) is 2. The molecule has 2 rings (SSSR count). The van der Waals surface area contributed by atoms with E-state index in [1.54, 1.807) is 44.2 Å². The van der Waals surface area contributed by atoms with Gasteiger partial charge in [-0.15, -0.1) is 0 Å². The minimum atomic E-state index is -1.72. The molecule has 1 aliphatic heterocycles. The predicted molar refractivity (Wildman–Crippen MR) is 200 cm³/mol. The molecule has 0 saturated carbocycles. The molecule has 20 heteroatoms. The number of aliphatic hydroxyl groups is 3. The van der Waals surface area contributed by atoms with Crippen molar-refractivity contribution in [2.24, 2.45) is 17.4 Å². The molecule has 310 valence electrons. The number of primary amides is 2. The molecule has 8 amide bonds. The lowest BCUT2D eigenvalue weighted by Gasteiger charge is -2.29. The van der Waals surface area contributed by atoms with E-state index in [4.69, 9.17) is 11.5 Å². The van der Waals surface area contributed by atoms with Gasteiger partial charge in [0.1, 0.15) is 36.3 Å². The average Bonchev–Trinajstić information content (AvgIpc) is 3.13. The molecule has 1 aromatic rings. The maximum atomic E-state index is 13.7. The smallest absolute Gasteiger partial charge is 0.245 e. The van der Waals surface area contributed by atoms with E-state index in [0.717, 1.165) is 12.5 Å². The normalized spacial score (nSPS) is 22.9. The first-order valence-electron chi connectivity index (χ1n) is 18.1. The third-order valence-corrected chi connectivity index (χ3v) is 8.85. The lowest BCUT2D eigenvalue weighted by atomic mass is 10.00. The molecule has 1 fully saturated rings. The van der Waals surface area contributed by atoms with Crippen molar-refractivity contribution < 1.29 is 56.5 Å². The fourth-order valence-corrected chi connectivity index (χ4v) is 5.60. The van der Waals surface area contributed by atoms with E-state index in [9.17, 15) is 53.7 Å². The van der Waals surface area contributed by atoms with E-state index < -0.39 is 115 Å². The van der Waals surface area contributed by atoms with Gasteiger partial charge in [-0.2, -0.15) is 0 Å². The van der Waals surface area contributed by atoms with Gasteiger partial charge in [0.15, 0.2) is 0 Å². The number of amides is 8. The van der Waals surface area contributed by atoms with Crippen LogP contribution in [0.3, 0.4) is 0 Å². The van der Waals surface area contributed by atoms with Gasteiger partial charge in [-0.25, -0.2) is 0 Å². The second-order valence-corrected chi connectivity index (χ2v) is 13.7. The highest BCUT2D eigenvalue weighted by Gasteiger charge is 2.35.